The highest BCUT2D eigenvalue weighted by atomic mass is 16.3. The normalized spacial score (nSPS) is 10.9. The quantitative estimate of drug-likeness (QED) is 0.598. The van der Waals surface area contributed by atoms with Crippen LogP contribution in [0, 0.1) is 6.92 Å². The second kappa shape index (κ2) is 8.70. The van der Waals surface area contributed by atoms with E-state index in [0.29, 0.717) is 34.6 Å². The van der Waals surface area contributed by atoms with Gasteiger partial charge in [0, 0.05) is 24.2 Å². The molecule has 150 valence electrons. The van der Waals surface area contributed by atoms with Crippen molar-refractivity contribution in [1.29, 1.82) is 0 Å². The van der Waals surface area contributed by atoms with Crippen molar-refractivity contribution in [3.8, 4) is 28.3 Å². The van der Waals surface area contributed by atoms with Crippen LogP contribution in [0.25, 0.3) is 22.5 Å². The van der Waals surface area contributed by atoms with Crippen LogP contribution in [-0.4, -0.2) is 53.1 Å². The molecule has 0 fully saturated rings. The number of hydrogen-bond donors (Lipinski definition) is 3. The lowest BCUT2D eigenvalue weighted by Crippen LogP contribution is -2.31. The summed E-state index contributed by atoms with van der Waals surface area (Å²) in [5, 5.41) is 12.6. The van der Waals surface area contributed by atoms with Gasteiger partial charge in [0.15, 0.2) is 0 Å². The molecule has 0 radical (unpaired) electrons. The Hall–Kier alpha value is -3.45. The average Bonchev–Trinajstić information content (AvgIpc) is 2.69. The van der Waals surface area contributed by atoms with E-state index in [1.54, 1.807) is 49.4 Å². The third kappa shape index (κ3) is 5.08. The van der Waals surface area contributed by atoms with E-state index in [-0.39, 0.29) is 11.7 Å². The van der Waals surface area contributed by atoms with Crippen LogP contribution in [0.5, 0.6) is 5.75 Å². The molecule has 0 aliphatic rings. The van der Waals surface area contributed by atoms with Crippen LogP contribution in [0.15, 0.2) is 53.3 Å². The van der Waals surface area contributed by atoms with Crippen LogP contribution in [0.1, 0.15) is 15.9 Å². The molecule has 0 saturated heterocycles. The van der Waals surface area contributed by atoms with E-state index >= 15 is 0 Å². The first-order valence-corrected chi connectivity index (χ1v) is 9.28. The highest BCUT2D eigenvalue weighted by Crippen LogP contribution is 2.26. The molecule has 0 aliphatic carbocycles. The number of carbonyl (C=O) groups is 1. The maximum atomic E-state index is 12.4. The molecule has 0 aliphatic heterocycles. The lowest BCUT2D eigenvalue weighted by Gasteiger charge is -2.11. The van der Waals surface area contributed by atoms with Gasteiger partial charge in [-0.15, -0.1) is 0 Å². The molecule has 29 heavy (non-hydrogen) atoms. The number of likely N-dealkylation sites (N-methyl/N-ethyl adjacent to an activating group) is 1. The van der Waals surface area contributed by atoms with E-state index in [1.165, 1.54) is 0 Å². The molecule has 3 N–H and O–H groups in total. The van der Waals surface area contributed by atoms with E-state index in [1.807, 2.05) is 25.1 Å². The maximum absolute atomic E-state index is 12.4. The number of aromatic amines is 1. The van der Waals surface area contributed by atoms with Crippen LogP contribution in [0.2, 0.25) is 0 Å². The van der Waals surface area contributed by atoms with Crippen molar-refractivity contribution >= 4 is 5.91 Å². The van der Waals surface area contributed by atoms with Gasteiger partial charge in [-0.05, 0) is 68.5 Å². The average molecular weight is 392 g/mol. The standard InChI is InChI=1S/C22H24N4O3/c1-14-11-16(7-8-20(14)27)19-13-18(24-22(29)25-19)15-5-4-6-17(12-15)21(28)23-9-10-26(2)3/h4-8,11-13,27H,9-10H2,1-3H3,(H,23,28)(H,24,25,29). The molecule has 0 bridgehead atoms. The van der Waals surface area contributed by atoms with Crippen LogP contribution in [0.3, 0.4) is 0 Å². The van der Waals surface area contributed by atoms with Crippen LogP contribution < -0.4 is 11.0 Å². The Bertz CT molecular complexity index is 1090. The summed E-state index contributed by atoms with van der Waals surface area (Å²) in [6.45, 7) is 3.08. The third-order valence-corrected chi connectivity index (χ3v) is 4.52. The lowest BCUT2D eigenvalue weighted by molar-refractivity contribution is 0.0951. The number of H-pyrrole nitrogens is 1. The van der Waals surface area contributed by atoms with Crippen LogP contribution in [-0.2, 0) is 0 Å². The molecule has 1 aromatic heterocycles. The van der Waals surface area contributed by atoms with Gasteiger partial charge in [0.25, 0.3) is 5.91 Å². The van der Waals surface area contributed by atoms with E-state index in [9.17, 15) is 14.7 Å². The predicted molar refractivity (Wildman–Crippen MR) is 113 cm³/mol. The second-order valence-electron chi connectivity index (χ2n) is 7.13. The number of rotatable bonds is 6. The van der Waals surface area contributed by atoms with Crippen LogP contribution >= 0.6 is 0 Å². The fourth-order valence-corrected chi connectivity index (χ4v) is 2.90. The smallest absolute Gasteiger partial charge is 0.345 e. The van der Waals surface area contributed by atoms with Gasteiger partial charge in [-0.25, -0.2) is 4.79 Å². The summed E-state index contributed by atoms with van der Waals surface area (Å²) < 4.78 is 0. The molecule has 0 atom stereocenters. The van der Waals surface area contributed by atoms with Crippen molar-refractivity contribution in [3.05, 3.63) is 70.1 Å². The van der Waals surface area contributed by atoms with E-state index in [2.05, 4.69) is 15.3 Å². The summed E-state index contributed by atoms with van der Waals surface area (Å²) in [4.78, 5) is 33.3. The van der Waals surface area contributed by atoms with Crippen molar-refractivity contribution in [2.24, 2.45) is 0 Å². The summed E-state index contributed by atoms with van der Waals surface area (Å²) in [5.41, 5.74) is 3.22. The monoisotopic (exact) mass is 392 g/mol. The zero-order chi connectivity index (χ0) is 21.0. The Morgan fingerprint density at radius 1 is 1.14 bits per heavy atom. The number of phenols is 1. The third-order valence-electron chi connectivity index (χ3n) is 4.52. The molecule has 0 unspecified atom stereocenters. The molecule has 1 amide bonds. The summed E-state index contributed by atoms with van der Waals surface area (Å²) in [6.07, 6.45) is 0. The number of hydrogen-bond acceptors (Lipinski definition) is 5. The van der Waals surface area contributed by atoms with Gasteiger partial charge in [0.1, 0.15) is 5.75 Å². The Morgan fingerprint density at radius 3 is 2.66 bits per heavy atom. The zero-order valence-electron chi connectivity index (χ0n) is 16.7. The largest absolute Gasteiger partial charge is 0.508 e. The van der Waals surface area contributed by atoms with Gasteiger partial charge in [0.05, 0.1) is 11.4 Å². The minimum atomic E-state index is -0.482. The number of aromatic hydroxyl groups is 1. The summed E-state index contributed by atoms with van der Waals surface area (Å²) in [6, 6.07) is 13.9. The molecule has 0 spiro atoms. The number of nitrogens with one attached hydrogen (secondary N) is 2. The fourth-order valence-electron chi connectivity index (χ4n) is 2.90. The Balaban J connectivity index is 1.91. The van der Waals surface area contributed by atoms with E-state index in [4.69, 9.17) is 0 Å². The summed E-state index contributed by atoms with van der Waals surface area (Å²) in [7, 11) is 3.89. The number of carbonyl (C=O) groups excluding carboxylic acids is 1. The Labute approximate surface area is 169 Å². The van der Waals surface area contributed by atoms with Crippen LogP contribution in [0.4, 0.5) is 0 Å². The van der Waals surface area contributed by atoms with Gasteiger partial charge in [0.2, 0.25) is 0 Å². The maximum Gasteiger partial charge on any atom is 0.345 e. The molecule has 2 aromatic carbocycles. The van der Waals surface area contributed by atoms with Gasteiger partial charge < -0.3 is 20.3 Å². The Kier molecular flexibility index (Phi) is 6.09. The zero-order valence-corrected chi connectivity index (χ0v) is 16.7. The van der Waals surface area contributed by atoms with Crippen molar-refractivity contribution in [1.82, 2.24) is 20.2 Å². The highest BCUT2D eigenvalue weighted by Gasteiger charge is 2.10. The number of aryl methyl sites for hydroxylation is 1. The first-order chi connectivity index (χ1) is 13.8. The molecular formula is C22H24N4O3. The van der Waals surface area contributed by atoms with Gasteiger partial charge >= 0.3 is 5.69 Å². The number of aromatic nitrogens is 2. The Morgan fingerprint density at radius 2 is 1.93 bits per heavy atom. The van der Waals surface area contributed by atoms with Crippen molar-refractivity contribution in [2.75, 3.05) is 27.2 Å². The SMILES string of the molecule is Cc1cc(-c2cc(-c3cccc(C(=O)NCCN(C)C)c3)[nH]c(=O)n2)ccc1O. The summed E-state index contributed by atoms with van der Waals surface area (Å²) >= 11 is 0. The molecule has 7 nitrogen and oxygen atoms in total. The topological polar surface area (TPSA) is 98.3 Å². The summed E-state index contributed by atoms with van der Waals surface area (Å²) in [5.74, 6) is 0.0197. The minimum absolute atomic E-state index is 0.167. The first-order valence-electron chi connectivity index (χ1n) is 9.28. The predicted octanol–water partition coefficient (Wildman–Crippen LogP) is 2.41. The van der Waals surface area contributed by atoms with Gasteiger partial charge in [-0.1, -0.05) is 12.1 Å². The van der Waals surface area contributed by atoms with Crippen molar-refractivity contribution in [2.45, 2.75) is 6.92 Å². The second-order valence-corrected chi connectivity index (χ2v) is 7.13. The fraction of sp³-hybridized carbons (Fsp3) is 0.227. The molecule has 7 heteroatoms. The lowest BCUT2D eigenvalue weighted by atomic mass is 10.0. The van der Waals surface area contributed by atoms with Gasteiger partial charge in [-0.3, -0.25) is 4.79 Å². The highest BCUT2D eigenvalue weighted by molar-refractivity contribution is 5.95. The van der Waals surface area contributed by atoms with Gasteiger partial charge in [-0.2, -0.15) is 4.98 Å². The van der Waals surface area contributed by atoms with Crippen molar-refractivity contribution < 1.29 is 9.90 Å². The molecule has 1 heterocycles. The molecule has 0 saturated carbocycles. The first kappa shape index (κ1) is 20.3. The molecule has 3 aromatic rings. The number of nitrogens with zero attached hydrogens (tertiary/aromatic N) is 2. The van der Waals surface area contributed by atoms with E-state index < -0.39 is 5.69 Å². The minimum Gasteiger partial charge on any atom is -0.508 e. The number of phenolic OH excluding ortho intramolecular Hbond substituents is 1. The number of benzene rings is 2. The molecular weight excluding hydrogens is 368 g/mol. The molecule has 3 rings (SSSR count). The van der Waals surface area contributed by atoms with Crippen molar-refractivity contribution in [3.63, 3.8) is 0 Å². The van der Waals surface area contributed by atoms with E-state index in [0.717, 1.165) is 12.1 Å². The number of amides is 1.